The van der Waals surface area contributed by atoms with Gasteiger partial charge in [-0.25, -0.2) is 4.89 Å². The van der Waals surface area contributed by atoms with E-state index in [1.165, 1.54) is 0 Å². The number of methoxy groups -OCH3 is 4. The van der Waals surface area contributed by atoms with Crippen molar-refractivity contribution < 1.29 is 39.3 Å². The Balaban J connectivity index is 1.70. The van der Waals surface area contributed by atoms with Crippen LogP contribution in [0.1, 0.15) is 32.6 Å². The van der Waals surface area contributed by atoms with Gasteiger partial charge < -0.3 is 29.2 Å². The Morgan fingerprint density at radius 1 is 0.939 bits per heavy atom. The van der Waals surface area contributed by atoms with Crippen molar-refractivity contribution in [2.75, 3.05) is 41.5 Å². The second kappa shape index (κ2) is 7.11. The summed E-state index contributed by atoms with van der Waals surface area (Å²) in [6, 6.07) is -0.275. The van der Waals surface area contributed by atoms with E-state index in [-0.39, 0.29) is 36.0 Å². The number of likely N-dealkylation sites (N-methyl/N-ethyl adjacent to an activating group) is 1. The quantitative estimate of drug-likeness (QED) is 0.379. The molecule has 6 aliphatic rings. The molecule has 5 aliphatic carbocycles. The summed E-state index contributed by atoms with van der Waals surface area (Å²) in [5.74, 6) is -1.03. The van der Waals surface area contributed by atoms with Crippen LogP contribution in [0.25, 0.3) is 0 Å². The summed E-state index contributed by atoms with van der Waals surface area (Å²) in [5, 5.41) is 35.7. The Labute approximate surface area is 195 Å². The lowest BCUT2D eigenvalue weighted by Crippen LogP contribution is -2.82. The molecule has 13 atom stereocenters. The topological polar surface area (TPSA) is 110 Å². The van der Waals surface area contributed by atoms with Gasteiger partial charge in [0.2, 0.25) is 0 Å². The van der Waals surface area contributed by atoms with Gasteiger partial charge >= 0.3 is 0 Å². The molecule has 9 nitrogen and oxygen atoms in total. The number of ether oxygens (including phenoxy) is 4. The molecule has 0 amide bonds. The molecule has 9 heteroatoms. The van der Waals surface area contributed by atoms with E-state index in [0.29, 0.717) is 38.8 Å². The summed E-state index contributed by atoms with van der Waals surface area (Å²) in [7, 11) is 6.70. The van der Waals surface area contributed by atoms with E-state index in [1.807, 2.05) is 0 Å². The largest absolute Gasteiger partial charge is 0.388 e. The number of β-amino-alcohol motifs (C(OH)–C–C–N with tert-alkyl or cyclic N) is 1. The Kier molecular flexibility index (Phi) is 4.97. The first kappa shape index (κ1) is 23.1. The predicted molar refractivity (Wildman–Crippen MR) is 115 cm³/mol. The zero-order valence-electron chi connectivity index (χ0n) is 20.3. The van der Waals surface area contributed by atoms with Crippen molar-refractivity contribution in [2.24, 2.45) is 29.1 Å². The summed E-state index contributed by atoms with van der Waals surface area (Å²) < 4.78 is 24.4. The van der Waals surface area contributed by atoms with Crippen LogP contribution in [0.2, 0.25) is 0 Å². The van der Waals surface area contributed by atoms with Crippen LogP contribution in [-0.2, 0) is 23.8 Å². The Morgan fingerprint density at radius 3 is 2.24 bits per heavy atom. The fourth-order valence-electron chi connectivity index (χ4n) is 10.8. The minimum absolute atomic E-state index is 0.0139. The highest BCUT2D eigenvalue weighted by atomic mass is 17.1. The summed E-state index contributed by atoms with van der Waals surface area (Å²) >= 11 is 0. The summed E-state index contributed by atoms with van der Waals surface area (Å²) in [5.41, 5.74) is -4.21. The van der Waals surface area contributed by atoms with Crippen LogP contribution in [-0.4, -0.2) is 109 Å². The van der Waals surface area contributed by atoms with E-state index in [4.69, 9.17) is 23.8 Å². The first-order valence-electron chi connectivity index (χ1n) is 12.4. The molecular formula is C24H39NO8. The lowest BCUT2D eigenvalue weighted by molar-refractivity contribution is -0.408. The minimum atomic E-state index is -1.26. The molecule has 1 heterocycles. The molecule has 188 valence electrons. The van der Waals surface area contributed by atoms with Crippen molar-refractivity contribution in [2.45, 2.75) is 79.9 Å². The molecule has 0 aromatic rings. The molecule has 1 spiro atoms. The van der Waals surface area contributed by atoms with Crippen molar-refractivity contribution in [3.05, 3.63) is 0 Å². The van der Waals surface area contributed by atoms with E-state index < -0.39 is 40.3 Å². The van der Waals surface area contributed by atoms with E-state index in [2.05, 4.69) is 11.8 Å². The number of hydrogen-bond donors (Lipinski definition) is 3. The van der Waals surface area contributed by atoms with Crippen molar-refractivity contribution in [1.82, 2.24) is 4.90 Å². The highest BCUT2D eigenvalue weighted by Gasteiger charge is 2.92. The standard InChI is InChI=1S/C24H39NO8/c1-6-25-11-21(26)8-7-16(30-3)22-14-9-12-13(29-2)10-15(23(14,27)18(12)31-4)24(33-28,20(22)25)19(32-5)17(21)22/h12-20,26-28H,6-11H2,1-5H3/t12-,13+,14+,15+,16+,17-,18+,19+,20+,21-,22+,23-,24+/m1/s1. The average Bonchev–Trinajstić information content (AvgIpc) is 3.17. The predicted octanol–water partition coefficient (Wildman–Crippen LogP) is 0.521. The van der Waals surface area contributed by atoms with Crippen LogP contribution in [0.3, 0.4) is 0 Å². The van der Waals surface area contributed by atoms with Gasteiger partial charge in [0, 0.05) is 64.1 Å². The highest BCUT2D eigenvalue weighted by molar-refractivity contribution is 5.41. The van der Waals surface area contributed by atoms with E-state index in [1.54, 1.807) is 28.4 Å². The number of fused-ring (bicyclic) bond motifs is 2. The summed E-state index contributed by atoms with van der Waals surface area (Å²) in [4.78, 5) is 7.90. The SMILES string of the molecule is CCN1C[C@]2(O)CC[C@H](OC)[C@@]34[C@@H]2[C@H](OC)[C@](OO)([C@@H]13)[C@H]1C[C@H](OC)[C@H]2C[C@@H]4[C@]1(O)[C@H]2OC. The highest BCUT2D eigenvalue weighted by Crippen LogP contribution is 2.79. The van der Waals surface area contributed by atoms with Gasteiger partial charge in [0.15, 0.2) is 5.60 Å². The van der Waals surface area contributed by atoms with Crippen LogP contribution in [0.5, 0.6) is 0 Å². The maximum atomic E-state index is 12.7. The summed E-state index contributed by atoms with van der Waals surface area (Å²) in [6.07, 6.45) is 1.08. The van der Waals surface area contributed by atoms with Crippen molar-refractivity contribution in [3.8, 4) is 0 Å². The second-order valence-corrected chi connectivity index (χ2v) is 11.5. The number of nitrogens with zero attached hydrogens (tertiary/aromatic N) is 1. The van der Waals surface area contributed by atoms with Gasteiger partial charge in [-0.3, -0.25) is 10.2 Å². The molecular weight excluding hydrogens is 430 g/mol. The fraction of sp³-hybridized carbons (Fsp3) is 1.00. The summed E-state index contributed by atoms with van der Waals surface area (Å²) in [6.45, 7) is 3.25. The zero-order valence-corrected chi connectivity index (χ0v) is 20.3. The van der Waals surface area contributed by atoms with E-state index in [9.17, 15) is 15.5 Å². The minimum Gasteiger partial charge on any atom is -0.388 e. The van der Waals surface area contributed by atoms with E-state index >= 15 is 0 Å². The molecule has 0 radical (unpaired) electrons. The maximum Gasteiger partial charge on any atom is 0.151 e. The molecule has 33 heavy (non-hydrogen) atoms. The fourth-order valence-corrected chi connectivity index (χ4v) is 10.8. The molecule has 3 N–H and O–H groups in total. The molecule has 0 aromatic carbocycles. The lowest BCUT2D eigenvalue weighted by atomic mass is 9.44. The smallest absolute Gasteiger partial charge is 0.151 e. The Hall–Kier alpha value is -0.360. The molecule has 7 bridgehead atoms. The average molecular weight is 470 g/mol. The van der Waals surface area contributed by atoms with Crippen LogP contribution in [0, 0.1) is 29.1 Å². The van der Waals surface area contributed by atoms with Crippen LogP contribution >= 0.6 is 0 Å². The van der Waals surface area contributed by atoms with Crippen LogP contribution < -0.4 is 0 Å². The normalized spacial score (nSPS) is 60.9. The van der Waals surface area contributed by atoms with Crippen molar-refractivity contribution >= 4 is 0 Å². The van der Waals surface area contributed by atoms with Gasteiger partial charge in [-0.1, -0.05) is 6.92 Å². The van der Waals surface area contributed by atoms with Crippen molar-refractivity contribution in [1.29, 1.82) is 0 Å². The molecule has 6 rings (SSSR count). The monoisotopic (exact) mass is 469 g/mol. The number of aliphatic hydroxyl groups is 2. The Bertz CT molecular complexity index is 815. The van der Waals surface area contributed by atoms with Gasteiger partial charge in [0.25, 0.3) is 0 Å². The molecule has 1 aliphatic heterocycles. The van der Waals surface area contributed by atoms with Gasteiger partial charge in [-0.2, -0.15) is 0 Å². The third kappa shape index (κ3) is 2.15. The maximum absolute atomic E-state index is 12.7. The van der Waals surface area contributed by atoms with Crippen molar-refractivity contribution in [3.63, 3.8) is 0 Å². The van der Waals surface area contributed by atoms with Gasteiger partial charge in [-0.15, -0.1) is 0 Å². The van der Waals surface area contributed by atoms with Gasteiger partial charge in [0.1, 0.15) is 5.60 Å². The molecule has 6 fully saturated rings. The zero-order chi connectivity index (χ0) is 23.6. The number of likely N-dealkylation sites (tertiary alicyclic amines) is 1. The molecule has 5 saturated carbocycles. The second-order valence-electron chi connectivity index (χ2n) is 11.5. The van der Waals surface area contributed by atoms with Gasteiger partial charge in [-0.05, 0) is 32.2 Å². The molecule has 0 unspecified atom stereocenters. The van der Waals surface area contributed by atoms with E-state index in [0.717, 1.165) is 0 Å². The first-order chi connectivity index (χ1) is 15.8. The van der Waals surface area contributed by atoms with Crippen LogP contribution in [0.15, 0.2) is 0 Å². The number of piperidine rings is 1. The van der Waals surface area contributed by atoms with Gasteiger partial charge in [0.05, 0.1) is 36.1 Å². The Morgan fingerprint density at radius 2 is 1.67 bits per heavy atom. The van der Waals surface area contributed by atoms with Crippen LogP contribution in [0.4, 0.5) is 0 Å². The molecule has 0 aromatic heterocycles. The first-order valence-corrected chi connectivity index (χ1v) is 12.4. The third-order valence-corrected chi connectivity index (χ3v) is 11.2. The number of hydrogen-bond acceptors (Lipinski definition) is 9. The lowest BCUT2D eigenvalue weighted by Gasteiger charge is -2.69. The third-order valence-electron chi connectivity index (χ3n) is 11.2. The molecule has 1 saturated heterocycles. The number of rotatable bonds is 6.